The van der Waals surface area contributed by atoms with E-state index in [1.54, 1.807) is 0 Å². The quantitative estimate of drug-likeness (QED) is 0.542. The maximum absolute atomic E-state index is 11.8. The fourth-order valence-electron chi connectivity index (χ4n) is 1.59. The number of amides is 2. The molecule has 2 N–H and O–H groups in total. The summed E-state index contributed by atoms with van der Waals surface area (Å²) in [6, 6.07) is 0. The minimum absolute atomic E-state index is 0.0511. The number of hydrogen-bond donors (Lipinski definition) is 2. The minimum atomic E-state index is -0.685. The van der Waals surface area contributed by atoms with E-state index in [2.05, 4.69) is 0 Å². The molecule has 0 radical (unpaired) electrons. The first-order chi connectivity index (χ1) is 8.20. The van der Waals surface area contributed by atoms with Crippen LogP contribution >= 0.6 is 0 Å². The van der Waals surface area contributed by atoms with Gasteiger partial charge in [0, 0.05) is 26.2 Å². The zero-order chi connectivity index (χ0) is 12.7. The molecular weight excluding hydrogens is 228 g/mol. The SMILES string of the molecule is O=C(C(=O)N1CCOCC1)N(CCO)CCO. The van der Waals surface area contributed by atoms with E-state index in [0.717, 1.165) is 4.90 Å². The Morgan fingerprint density at radius 2 is 1.65 bits per heavy atom. The molecule has 1 saturated heterocycles. The van der Waals surface area contributed by atoms with Crippen molar-refractivity contribution >= 4 is 11.8 Å². The molecule has 98 valence electrons. The van der Waals surface area contributed by atoms with Crippen LogP contribution in [-0.4, -0.2) is 84.4 Å². The molecule has 0 aromatic heterocycles. The predicted molar refractivity (Wildman–Crippen MR) is 58.2 cm³/mol. The molecular formula is C10H18N2O5. The molecule has 1 aliphatic rings. The lowest BCUT2D eigenvalue weighted by Gasteiger charge is -2.28. The normalized spacial score (nSPS) is 15.8. The smallest absolute Gasteiger partial charge is 0.312 e. The maximum atomic E-state index is 11.8. The van der Waals surface area contributed by atoms with Crippen LogP contribution in [0.4, 0.5) is 0 Å². The Labute approximate surface area is 99.6 Å². The maximum Gasteiger partial charge on any atom is 0.312 e. The molecule has 2 amide bonds. The largest absolute Gasteiger partial charge is 0.395 e. The molecule has 1 fully saturated rings. The van der Waals surface area contributed by atoms with Gasteiger partial charge in [-0.2, -0.15) is 0 Å². The number of aliphatic hydroxyl groups is 2. The Morgan fingerprint density at radius 3 is 2.12 bits per heavy atom. The first kappa shape index (κ1) is 13.9. The van der Waals surface area contributed by atoms with Crippen molar-refractivity contribution in [2.75, 3.05) is 52.6 Å². The van der Waals surface area contributed by atoms with Crippen LogP contribution in [0.5, 0.6) is 0 Å². The third-order valence-electron chi connectivity index (χ3n) is 2.51. The fourth-order valence-corrected chi connectivity index (χ4v) is 1.59. The summed E-state index contributed by atoms with van der Waals surface area (Å²) in [7, 11) is 0. The Balaban J connectivity index is 2.55. The van der Waals surface area contributed by atoms with Crippen LogP contribution in [0.15, 0.2) is 0 Å². The molecule has 1 aliphatic heterocycles. The Bertz CT molecular complexity index is 259. The molecule has 1 rings (SSSR count). The summed E-state index contributed by atoms with van der Waals surface area (Å²) in [6.07, 6.45) is 0. The molecule has 0 saturated carbocycles. The highest BCUT2D eigenvalue weighted by atomic mass is 16.5. The van der Waals surface area contributed by atoms with Gasteiger partial charge in [-0.15, -0.1) is 0 Å². The summed E-state index contributed by atoms with van der Waals surface area (Å²) >= 11 is 0. The lowest BCUT2D eigenvalue weighted by molar-refractivity contribution is -0.154. The molecule has 1 heterocycles. The van der Waals surface area contributed by atoms with Crippen LogP contribution in [0.1, 0.15) is 0 Å². The predicted octanol–water partition coefficient (Wildman–Crippen LogP) is -2.34. The molecule has 7 nitrogen and oxygen atoms in total. The molecule has 0 spiro atoms. The van der Waals surface area contributed by atoms with Crippen molar-refractivity contribution in [1.82, 2.24) is 9.80 Å². The number of ether oxygens (including phenoxy) is 1. The van der Waals surface area contributed by atoms with Crippen LogP contribution in [0.25, 0.3) is 0 Å². The van der Waals surface area contributed by atoms with Gasteiger partial charge in [-0.05, 0) is 0 Å². The number of carbonyl (C=O) groups excluding carboxylic acids is 2. The van der Waals surface area contributed by atoms with Crippen LogP contribution in [0.3, 0.4) is 0 Å². The van der Waals surface area contributed by atoms with Gasteiger partial charge in [0.2, 0.25) is 0 Å². The van der Waals surface area contributed by atoms with Gasteiger partial charge in [0.25, 0.3) is 0 Å². The van der Waals surface area contributed by atoms with Crippen molar-refractivity contribution in [3.63, 3.8) is 0 Å². The van der Waals surface area contributed by atoms with Crippen molar-refractivity contribution in [2.45, 2.75) is 0 Å². The lowest BCUT2D eigenvalue weighted by Crippen LogP contribution is -2.50. The first-order valence-electron chi connectivity index (χ1n) is 5.58. The molecule has 0 unspecified atom stereocenters. The van der Waals surface area contributed by atoms with Crippen LogP contribution in [0.2, 0.25) is 0 Å². The minimum Gasteiger partial charge on any atom is -0.395 e. The monoisotopic (exact) mass is 246 g/mol. The molecule has 0 aliphatic carbocycles. The number of rotatable bonds is 4. The van der Waals surface area contributed by atoms with E-state index in [1.165, 1.54) is 4.90 Å². The van der Waals surface area contributed by atoms with E-state index in [0.29, 0.717) is 26.3 Å². The Morgan fingerprint density at radius 1 is 1.12 bits per heavy atom. The molecule has 0 atom stereocenters. The summed E-state index contributed by atoms with van der Waals surface area (Å²) in [5.41, 5.74) is 0. The second-order valence-electron chi connectivity index (χ2n) is 3.64. The number of carbonyl (C=O) groups is 2. The van der Waals surface area contributed by atoms with Gasteiger partial charge < -0.3 is 24.7 Å². The number of nitrogens with zero attached hydrogens (tertiary/aromatic N) is 2. The van der Waals surface area contributed by atoms with Gasteiger partial charge in [0.15, 0.2) is 0 Å². The second-order valence-corrected chi connectivity index (χ2v) is 3.64. The van der Waals surface area contributed by atoms with E-state index in [-0.39, 0.29) is 26.3 Å². The van der Waals surface area contributed by atoms with E-state index >= 15 is 0 Å². The average molecular weight is 246 g/mol. The molecule has 7 heteroatoms. The molecule has 0 aromatic carbocycles. The van der Waals surface area contributed by atoms with Crippen molar-refractivity contribution in [1.29, 1.82) is 0 Å². The van der Waals surface area contributed by atoms with Gasteiger partial charge in [0.05, 0.1) is 26.4 Å². The highest BCUT2D eigenvalue weighted by Crippen LogP contribution is 2.01. The van der Waals surface area contributed by atoms with E-state index in [1.807, 2.05) is 0 Å². The molecule has 0 bridgehead atoms. The average Bonchev–Trinajstić information content (AvgIpc) is 2.38. The van der Waals surface area contributed by atoms with Gasteiger partial charge in [-0.1, -0.05) is 0 Å². The van der Waals surface area contributed by atoms with Crippen LogP contribution in [-0.2, 0) is 14.3 Å². The zero-order valence-electron chi connectivity index (χ0n) is 9.67. The highest BCUT2D eigenvalue weighted by molar-refractivity contribution is 6.34. The summed E-state index contributed by atoms with van der Waals surface area (Å²) in [5, 5.41) is 17.6. The van der Waals surface area contributed by atoms with Crippen LogP contribution < -0.4 is 0 Å². The highest BCUT2D eigenvalue weighted by Gasteiger charge is 2.27. The van der Waals surface area contributed by atoms with Gasteiger partial charge >= 0.3 is 11.8 Å². The van der Waals surface area contributed by atoms with Gasteiger partial charge in [0.1, 0.15) is 0 Å². The summed E-state index contributed by atoms with van der Waals surface area (Å²) < 4.78 is 5.09. The van der Waals surface area contributed by atoms with Crippen molar-refractivity contribution in [2.24, 2.45) is 0 Å². The molecule has 0 aromatic rings. The van der Waals surface area contributed by atoms with Gasteiger partial charge in [-0.25, -0.2) is 0 Å². The van der Waals surface area contributed by atoms with Crippen molar-refractivity contribution in [3.8, 4) is 0 Å². The van der Waals surface area contributed by atoms with Crippen molar-refractivity contribution < 1.29 is 24.5 Å². The van der Waals surface area contributed by atoms with Gasteiger partial charge in [-0.3, -0.25) is 9.59 Å². The third-order valence-corrected chi connectivity index (χ3v) is 2.51. The summed E-state index contributed by atoms with van der Waals surface area (Å²) in [4.78, 5) is 26.2. The second kappa shape index (κ2) is 7.21. The third kappa shape index (κ3) is 3.95. The summed E-state index contributed by atoms with van der Waals surface area (Å²) in [5.74, 6) is -1.29. The summed E-state index contributed by atoms with van der Waals surface area (Å²) in [6.45, 7) is 1.29. The van der Waals surface area contributed by atoms with Crippen molar-refractivity contribution in [3.05, 3.63) is 0 Å². The Kier molecular flexibility index (Phi) is 5.88. The lowest BCUT2D eigenvalue weighted by atomic mass is 10.3. The fraction of sp³-hybridized carbons (Fsp3) is 0.800. The van der Waals surface area contributed by atoms with Crippen LogP contribution in [0, 0.1) is 0 Å². The molecule has 17 heavy (non-hydrogen) atoms. The van der Waals surface area contributed by atoms with E-state index < -0.39 is 11.8 Å². The standard InChI is InChI=1S/C10H18N2O5/c13-5-1-11(2-6-14)9(15)10(16)12-3-7-17-8-4-12/h13-14H,1-8H2. The topological polar surface area (TPSA) is 90.3 Å². The Hall–Kier alpha value is -1.18. The van der Waals surface area contributed by atoms with E-state index in [9.17, 15) is 9.59 Å². The van der Waals surface area contributed by atoms with E-state index in [4.69, 9.17) is 14.9 Å². The number of morpholine rings is 1. The number of aliphatic hydroxyl groups excluding tert-OH is 2. The first-order valence-corrected chi connectivity index (χ1v) is 5.58. The number of hydrogen-bond acceptors (Lipinski definition) is 5. The zero-order valence-corrected chi connectivity index (χ0v) is 9.67.